The molecule has 24 heavy (non-hydrogen) atoms. The Labute approximate surface area is 139 Å². The smallest absolute Gasteiger partial charge is 0.228 e. The predicted octanol–water partition coefficient (Wildman–Crippen LogP) is 0.601. The van der Waals surface area contributed by atoms with Gasteiger partial charge in [-0.1, -0.05) is 19.2 Å². The van der Waals surface area contributed by atoms with Gasteiger partial charge in [0.25, 0.3) is 0 Å². The number of carbonyl (C=O) groups excluding carboxylic acids is 1. The molecule has 1 aliphatic carbocycles. The van der Waals surface area contributed by atoms with Crippen LogP contribution in [0.3, 0.4) is 0 Å². The first kappa shape index (κ1) is 17.0. The fourth-order valence-corrected chi connectivity index (χ4v) is 3.17. The van der Waals surface area contributed by atoms with Crippen molar-refractivity contribution in [2.75, 3.05) is 0 Å². The van der Waals surface area contributed by atoms with Gasteiger partial charge in [0, 0.05) is 0 Å². The molecule has 0 aromatic rings. The lowest BCUT2D eigenvalue weighted by molar-refractivity contribution is -0.138. The van der Waals surface area contributed by atoms with Gasteiger partial charge in [-0.2, -0.15) is 21.0 Å². The number of nitrogens with one attached hydrogen (secondary N) is 1. The maximum absolute atomic E-state index is 11.7. The minimum atomic E-state index is -2.15. The highest BCUT2D eigenvalue weighted by molar-refractivity contribution is 5.89. The van der Waals surface area contributed by atoms with Crippen molar-refractivity contribution >= 4 is 5.91 Å². The van der Waals surface area contributed by atoms with E-state index < -0.39 is 28.9 Å². The average Bonchev–Trinajstić information content (AvgIpc) is 2.54. The normalized spacial score (nSPS) is 27.9. The number of aliphatic hydroxyl groups is 1. The number of carbonyl (C=O) groups is 1. The first-order valence-electron chi connectivity index (χ1n) is 7.00. The molecule has 1 fully saturated rings. The number of aliphatic hydroxyl groups excluding tert-OH is 1. The third kappa shape index (κ3) is 1.74. The van der Waals surface area contributed by atoms with Crippen LogP contribution < -0.4 is 5.32 Å². The van der Waals surface area contributed by atoms with Gasteiger partial charge in [0.15, 0.2) is 0 Å². The van der Waals surface area contributed by atoms with Gasteiger partial charge < -0.3 is 10.4 Å². The maximum atomic E-state index is 11.7. The largest absolute Gasteiger partial charge is 0.392 e. The van der Waals surface area contributed by atoms with Crippen molar-refractivity contribution in [2.24, 2.45) is 16.7 Å². The lowest BCUT2D eigenvalue weighted by atomic mass is 9.53. The second-order valence-electron chi connectivity index (χ2n) is 5.80. The van der Waals surface area contributed by atoms with E-state index in [0.29, 0.717) is 5.57 Å². The van der Waals surface area contributed by atoms with Crippen LogP contribution in [0.25, 0.3) is 0 Å². The second kappa shape index (κ2) is 5.36. The van der Waals surface area contributed by atoms with Gasteiger partial charge in [-0.3, -0.25) is 4.79 Å². The number of amides is 1. The van der Waals surface area contributed by atoms with Crippen molar-refractivity contribution in [3.05, 3.63) is 36.0 Å². The van der Waals surface area contributed by atoms with Crippen molar-refractivity contribution in [1.29, 1.82) is 21.0 Å². The number of nitrogens with zero attached hydrogens (tertiary/aromatic N) is 4. The van der Waals surface area contributed by atoms with Crippen LogP contribution in [-0.4, -0.2) is 23.2 Å². The van der Waals surface area contributed by atoms with E-state index in [2.05, 4.69) is 18.5 Å². The van der Waals surface area contributed by atoms with Gasteiger partial charge in [0.2, 0.25) is 16.7 Å². The first-order chi connectivity index (χ1) is 11.3. The molecule has 7 heteroatoms. The van der Waals surface area contributed by atoms with Gasteiger partial charge in [0.1, 0.15) is 0 Å². The summed E-state index contributed by atoms with van der Waals surface area (Å²) < 4.78 is 0. The monoisotopic (exact) mass is 319 g/mol. The van der Waals surface area contributed by atoms with Crippen LogP contribution in [0.15, 0.2) is 36.0 Å². The molecule has 0 unspecified atom stereocenters. The summed E-state index contributed by atoms with van der Waals surface area (Å²) in [5.41, 5.74) is -4.00. The first-order valence-corrected chi connectivity index (χ1v) is 7.00. The van der Waals surface area contributed by atoms with Crippen molar-refractivity contribution in [3.63, 3.8) is 0 Å². The van der Waals surface area contributed by atoms with Crippen LogP contribution in [0.2, 0.25) is 0 Å². The summed E-state index contributed by atoms with van der Waals surface area (Å²) in [7, 11) is 0. The molecule has 0 bridgehead atoms. The van der Waals surface area contributed by atoms with Crippen LogP contribution >= 0.6 is 0 Å². The van der Waals surface area contributed by atoms with Crippen molar-refractivity contribution < 1.29 is 9.90 Å². The van der Waals surface area contributed by atoms with E-state index in [1.165, 1.54) is 13.0 Å². The van der Waals surface area contributed by atoms with Gasteiger partial charge in [-0.05, 0) is 23.6 Å². The Morgan fingerprint density at radius 2 is 1.67 bits per heavy atom. The fraction of sp³-hybridized carbons (Fsp3) is 0.353. The molecule has 0 spiro atoms. The zero-order valence-corrected chi connectivity index (χ0v) is 12.9. The zero-order chi connectivity index (χ0) is 18.3. The summed E-state index contributed by atoms with van der Waals surface area (Å²) in [6.07, 6.45) is 0.434. The van der Waals surface area contributed by atoms with E-state index in [0.717, 1.165) is 0 Å². The molecule has 0 radical (unpaired) electrons. The summed E-state index contributed by atoms with van der Waals surface area (Å²) in [5.74, 6) is -1.14. The summed E-state index contributed by atoms with van der Waals surface area (Å²) >= 11 is 0. The summed E-state index contributed by atoms with van der Waals surface area (Å²) in [4.78, 5) is 11.7. The summed E-state index contributed by atoms with van der Waals surface area (Å²) in [5, 5.41) is 50.5. The van der Waals surface area contributed by atoms with Crippen LogP contribution in [0.5, 0.6) is 0 Å². The van der Waals surface area contributed by atoms with E-state index in [1.54, 1.807) is 24.3 Å². The second-order valence-corrected chi connectivity index (χ2v) is 5.80. The van der Waals surface area contributed by atoms with E-state index in [4.69, 9.17) is 0 Å². The van der Waals surface area contributed by atoms with Crippen LogP contribution in [0.1, 0.15) is 6.92 Å². The minimum Gasteiger partial charge on any atom is -0.392 e. The van der Waals surface area contributed by atoms with Crippen LogP contribution in [0, 0.1) is 62.1 Å². The van der Waals surface area contributed by atoms with E-state index in [-0.39, 0.29) is 17.1 Å². The quantitative estimate of drug-likeness (QED) is 0.713. The molecule has 1 saturated heterocycles. The molecule has 0 saturated carbocycles. The van der Waals surface area contributed by atoms with Crippen LogP contribution in [-0.2, 0) is 4.79 Å². The van der Waals surface area contributed by atoms with E-state index in [9.17, 15) is 30.9 Å². The van der Waals surface area contributed by atoms with Gasteiger partial charge >= 0.3 is 0 Å². The molecule has 2 rings (SSSR count). The van der Waals surface area contributed by atoms with E-state index >= 15 is 0 Å². The molecular weight excluding hydrogens is 306 g/mol. The van der Waals surface area contributed by atoms with Gasteiger partial charge in [0.05, 0.1) is 42.3 Å². The van der Waals surface area contributed by atoms with Gasteiger partial charge in [-0.15, -0.1) is 0 Å². The Morgan fingerprint density at radius 3 is 2.04 bits per heavy atom. The molecule has 2 aliphatic rings. The highest BCUT2D eigenvalue weighted by Gasteiger charge is 2.62. The molecule has 1 aliphatic heterocycles. The molecule has 2 N–H and O–H groups in total. The highest BCUT2D eigenvalue weighted by Crippen LogP contribution is 2.55. The molecule has 1 amide bonds. The molecule has 3 atom stereocenters. The number of hydrogen-bond acceptors (Lipinski definition) is 6. The molecule has 118 valence electrons. The van der Waals surface area contributed by atoms with Gasteiger partial charge in [-0.25, -0.2) is 0 Å². The molecule has 0 aromatic heterocycles. The minimum absolute atomic E-state index is 0.0245. The lowest BCUT2D eigenvalue weighted by Gasteiger charge is -2.46. The molecule has 7 nitrogen and oxygen atoms in total. The summed E-state index contributed by atoms with van der Waals surface area (Å²) in [6.45, 7) is 8.88. The standard InChI is InChI=1S/C17H13N5O2/c1-9-4-12(14-13(11(3)23)15(24)22-14)10(2)17(7-20,8-21)16(9,5-18)6-19/h4,11,13-14,23H,1-2H2,3H3,(H,22,24)/t11-,13-,14-/m1/s1. The molecule has 0 aromatic carbocycles. The summed E-state index contributed by atoms with van der Waals surface area (Å²) in [6, 6.07) is 6.28. The Bertz CT molecular complexity index is 825. The third-order valence-corrected chi connectivity index (χ3v) is 4.66. The molecule has 1 heterocycles. The Kier molecular flexibility index (Phi) is 3.79. The van der Waals surface area contributed by atoms with Crippen molar-refractivity contribution in [3.8, 4) is 24.3 Å². The van der Waals surface area contributed by atoms with Crippen molar-refractivity contribution in [2.45, 2.75) is 19.1 Å². The predicted molar refractivity (Wildman–Crippen MR) is 80.8 cm³/mol. The number of hydrogen-bond donors (Lipinski definition) is 2. The highest BCUT2D eigenvalue weighted by atomic mass is 16.3. The maximum Gasteiger partial charge on any atom is 0.228 e. The fourth-order valence-electron chi connectivity index (χ4n) is 3.17. The number of nitriles is 4. The Morgan fingerprint density at radius 1 is 1.17 bits per heavy atom. The number of rotatable bonds is 2. The SMILES string of the molecule is C=C1C=C([C@H]2NC(=O)[C@@H]2[C@@H](C)O)C(=C)C(C#N)(C#N)C1(C#N)C#N. The Balaban J connectivity index is 2.68. The molecular formula is C17H13N5O2. The lowest BCUT2D eigenvalue weighted by Crippen LogP contribution is -2.64. The van der Waals surface area contributed by atoms with E-state index in [1.807, 2.05) is 0 Å². The average molecular weight is 319 g/mol. The number of β-lactam (4-membered cyclic amide) rings is 1. The van der Waals surface area contributed by atoms with Crippen molar-refractivity contribution in [1.82, 2.24) is 5.32 Å². The number of allylic oxidation sites excluding steroid dienone is 2. The topological polar surface area (TPSA) is 144 Å². The Hall–Kier alpha value is -3.39. The zero-order valence-electron chi connectivity index (χ0n) is 12.9. The van der Waals surface area contributed by atoms with Crippen LogP contribution in [0.4, 0.5) is 0 Å². The third-order valence-electron chi connectivity index (χ3n) is 4.66.